The summed E-state index contributed by atoms with van der Waals surface area (Å²) < 4.78 is 28.5. The molecule has 0 aliphatic rings. The Hall–Kier alpha value is -0.220. The van der Waals surface area contributed by atoms with Crippen LogP contribution in [0.25, 0.3) is 0 Å². The van der Waals surface area contributed by atoms with Gasteiger partial charge in [0.2, 0.25) is 0 Å². The van der Waals surface area contributed by atoms with Crippen LogP contribution >= 0.6 is 0 Å². The number of hydrogen-bond acceptors (Lipinski definition) is 2. The predicted octanol–water partition coefficient (Wildman–Crippen LogP) is 3.32. The van der Waals surface area contributed by atoms with Crippen molar-refractivity contribution in [3.8, 4) is 0 Å². The van der Waals surface area contributed by atoms with Gasteiger partial charge in [0, 0.05) is 12.6 Å². The molecule has 17 heavy (non-hydrogen) atoms. The molecule has 0 atom stereocenters. The first kappa shape index (κ1) is 16.8. The van der Waals surface area contributed by atoms with Gasteiger partial charge in [-0.3, -0.25) is 0 Å². The first-order valence-corrected chi connectivity index (χ1v) is 6.51. The van der Waals surface area contributed by atoms with Crippen LogP contribution in [0.15, 0.2) is 0 Å². The van der Waals surface area contributed by atoms with Gasteiger partial charge in [0.05, 0.1) is 6.61 Å². The van der Waals surface area contributed by atoms with E-state index in [-0.39, 0.29) is 0 Å². The highest BCUT2D eigenvalue weighted by Crippen LogP contribution is 2.12. The first-order chi connectivity index (χ1) is 7.91. The Balaban J connectivity index is 3.68. The third-order valence-electron chi connectivity index (χ3n) is 2.44. The van der Waals surface area contributed by atoms with Gasteiger partial charge in [-0.1, -0.05) is 27.7 Å². The van der Waals surface area contributed by atoms with Crippen LogP contribution in [0.4, 0.5) is 8.78 Å². The highest BCUT2D eigenvalue weighted by Gasteiger charge is 2.12. The summed E-state index contributed by atoms with van der Waals surface area (Å²) in [5, 5.41) is 3.39. The van der Waals surface area contributed by atoms with Crippen molar-refractivity contribution in [2.75, 3.05) is 19.8 Å². The van der Waals surface area contributed by atoms with Gasteiger partial charge in [-0.25, -0.2) is 8.78 Å². The highest BCUT2D eigenvalue weighted by atomic mass is 19.3. The van der Waals surface area contributed by atoms with Gasteiger partial charge in [0.15, 0.2) is 0 Å². The van der Waals surface area contributed by atoms with Crippen LogP contribution in [0.2, 0.25) is 0 Å². The van der Waals surface area contributed by atoms with Crippen LogP contribution < -0.4 is 5.32 Å². The summed E-state index contributed by atoms with van der Waals surface area (Å²) in [4.78, 5) is 0. The lowest BCUT2D eigenvalue weighted by molar-refractivity contribution is 0.0179. The fourth-order valence-corrected chi connectivity index (χ4v) is 1.91. The van der Waals surface area contributed by atoms with E-state index in [4.69, 9.17) is 4.74 Å². The lowest BCUT2D eigenvalue weighted by Crippen LogP contribution is -2.34. The molecule has 0 aromatic carbocycles. The smallest absolute Gasteiger partial charge is 0.261 e. The Bertz CT molecular complexity index is 165. The molecule has 0 bridgehead atoms. The Morgan fingerprint density at radius 1 is 1.00 bits per heavy atom. The van der Waals surface area contributed by atoms with E-state index in [0.29, 0.717) is 31.0 Å². The van der Waals surface area contributed by atoms with Crippen molar-refractivity contribution in [2.24, 2.45) is 11.8 Å². The number of rotatable bonds is 10. The summed E-state index contributed by atoms with van der Waals surface area (Å²) in [7, 11) is 0. The monoisotopic (exact) mass is 251 g/mol. The molecule has 0 spiro atoms. The maximum atomic E-state index is 11.8. The van der Waals surface area contributed by atoms with E-state index in [1.807, 2.05) is 0 Å². The van der Waals surface area contributed by atoms with Crippen LogP contribution in [0.1, 0.15) is 40.5 Å². The fourth-order valence-electron chi connectivity index (χ4n) is 1.91. The Labute approximate surface area is 104 Å². The topological polar surface area (TPSA) is 21.3 Å². The largest absolute Gasteiger partial charge is 0.374 e. The summed E-state index contributed by atoms with van der Waals surface area (Å²) in [5.74, 6) is 1.29. The molecule has 0 saturated heterocycles. The zero-order valence-electron chi connectivity index (χ0n) is 11.5. The summed E-state index contributed by atoms with van der Waals surface area (Å²) in [6.45, 7) is 9.34. The number of hydrogen-bond donors (Lipinski definition) is 1. The van der Waals surface area contributed by atoms with Gasteiger partial charge >= 0.3 is 0 Å². The minimum Gasteiger partial charge on any atom is -0.374 e. The zero-order valence-corrected chi connectivity index (χ0v) is 11.5. The van der Waals surface area contributed by atoms with Crippen LogP contribution in [0.5, 0.6) is 0 Å². The SMILES string of the molecule is CC(C)CC(CC(C)C)NCCOCC(F)F. The lowest BCUT2D eigenvalue weighted by Gasteiger charge is -2.22. The van der Waals surface area contributed by atoms with Crippen molar-refractivity contribution in [3.05, 3.63) is 0 Å². The third kappa shape index (κ3) is 12.0. The average molecular weight is 251 g/mol. The molecule has 0 aliphatic heterocycles. The fraction of sp³-hybridized carbons (Fsp3) is 1.00. The number of nitrogens with one attached hydrogen (secondary N) is 1. The average Bonchev–Trinajstić information content (AvgIpc) is 2.14. The van der Waals surface area contributed by atoms with Crippen molar-refractivity contribution >= 4 is 0 Å². The number of alkyl halides is 2. The van der Waals surface area contributed by atoms with Crippen molar-refractivity contribution in [1.82, 2.24) is 5.32 Å². The van der Waals surface area contributed by atoms with Gasteiger partial charge in [-0.05, 0) is 24.7 Å². The van der Waals surface area contributed by atoms with Gasteiger partial charge in [0.25, 0.3) is 6.43 Å². The Kier molecular flexibility index (Phi) is 9.65. The molecule has 0 heterocycles. The van der Waals surface area contributed by atoms with E-state index < -0.39 is 13.0 Å². The van der Waals surface area contributed by atoms with Crippen molar-refractivity contribution in [3.63, 3.8) is 0 Å². The molecule has 0 aromatic heterocycles. The molecule has 0 radical (unpaired) electrons. The van der Waals surface area contributed by atoms with Gasteiger partial charge in [-0.15, -0.1) is 0 Å². The molecule has 1 N–H and O–H groups in total. The Morgan fingerprint density at radius 3 is 1.94 bits per heavy atom. The second-order valence-electron chi connectivity index (χ2n) is 5.38. The molecule has 0 saturated carbocycles. The molecule has 2 nitrogen and oxygen atoms in total. The zero-order chi connectivity index (χ0) is 13.3. The summed E-state index contributed by atoms with van der Waals surface area (Å²) in [6, 6.07) is 0.463. The summed E-state index contributed by atoms with van der Waals surface area (Å²) in [5.41, 5.74) is 0. The summed E-state index contributed by atoms with van der Waals surface area (Å²) >= 11 is 0. The molecule has 0 aromatic rings. The van der Waals surface area contributed by atoms with Gasteiger partial charge in [0.1, 0.15) is 6.61 Å². The second kappa shape index (κ2) is 9.77. The standard InChI is InChI=1S/C13H27F2NO/c1-10(2)7-12(8-11(3)4)16-5-6-17-9-13(14)15/h10-13,16H,5-9H2,1-4H3. The molecule has 0 amide bonds. The van der Waals surface area contributed by atoms with E-state index in [9.17, 15) is 8.78 Å². The summed E-state index contributed by atoms with van der Waals surface area (Å²) in [6.07, 6.45) is -0.128. The first-order valence-electron chi connectivity index (χ1n) is 6.51. The maximum Gasteiger partial charge on any atom is 0.261 e. The van der Waals surface area contributed by atoms with E-state index >= 15 is 0 Å². The molecule has 0 fully saturated rings. The maximum absolute atomic E-state index is 11.8. The number of halogens is 2. The van der Waals surface area contributed by atoms with Crippen molar-refractivity contribution in [2.45, 2.75) is 53.0 Å². The van der Waals surface area contributed by atoms with E-state index in [1.165, 1.54) is 0 Å². The predicted molar refractivity (Wildman–Crippen MR) is 67.5 cm³/mol. The van der Waals surface area contributed by atoms with Crippen LogP contribution in [-0.2, 0) is 4.74 Å². The molecule has 0 unspecified atom stereocenters. The van der Waals surface area contributed by atoms with E-state index in [2.05, 4.69) is 33.0 Å². The normalized spacial score (nSPS) is 12.4. The van der Waals surface area contributed by atoms with Crippen LogP contribution in [0.3, 0.4) is 0 Å². The Morgan fingerprint density at radius 2 is 1.53 bits per heavy atom. The minimum atomic E-state index is -2.36. The lowest BCUT2D eigenvalue weighted by atomic mass is 9.96. The molecular formula is C13H27F2NO. The quantitative estimate of drug-likeness (QED) is 0.601. The highest BCUT2D eigenvalue weighted by molar-refractivity contribution is 4.70. The van der Waals surface area contributed by atoms with Crippen molar-refractivity contribution < 1.29 is 13.5 Å². The van der Waals surface area contributed by atoms with Crippen LogP contribution in [0, 0.1) is 11.8 Å². The van der Waals surface area contributed by atoms with Gasteiger partial charge in [-0.2, -0.15) is 0 Å². The van der Waals surface area contributed by atoms with E-state index in [0.717, 1.165) is 12.8 Å². The molecule has 4 heteroatoms. The molecule has 104 valence electrons. The van der Waals surface area contributed by atoms with Crippen LogP contribution in [-0.4, -0.2) is 32.2 Å². The molecular weight excluding hydrogens is 224 g/mol. The second-order valence-corrected chi connectivity index (χ2v) is 5.38. The number of ether oxygens (including phenoxy) is 1. The third-order valence-corrected chi connectivity index (χ3v) is 2.44. The molecule has 0 rings (SSSR count). The van der Waals surface area contributed by atoms with Crippen molar-refractivity contribution in [1.29, 1.82) is 0 Å². The molecule has 0 aliphatic carbocycles. The minimum absolute atomic E-state index is 0.358. The van der Waals surface area contributed by atoms with Gasteiger partial charge < -0.3 is 10.1 Å². The van der Waals surface area contributed by atoms with E-state index in [1.54, 1.807) is 0 Å².